The van der Waals surface area contributed by atoms with Crippen LogP contribution >= 0.6 is 0 Å². The standard InChI is InChI=1S/C26H30N4O4S/c1-29(2)17-7-16-27-35(33,34)21-14-15-24(25(18-21)30(31)32)28-26-22-10-5-3-8-19(22)12-13-20-9-4-6-11-23(20)26/h3-6,8-11,14-15,18,26-28H,7,12-13,16-17H2,1-2H3. The van der Waals surface area contributed by atoms with Crippen molar-refractivity contribution in [2.24, 2.45) is 0 Å². The van der Waals surface area contributed by atoms with Gasteiger partial charge in [-0.1, -0.05) is 48.5 Å². The summed E-state index contributed by atoms with van der Waals surface area (Å²) >= 11 is 0. The maximum Gasteiger partial charge on any atom is 0.293 e. The van der Waals surface area contributed by atoms with E-state index in [1.165, 1.54) is 23.3 Å². The summed E-state index contributed by atoms with van der Waals surface area (Å²) in [7, 11) is -0.0452. The lowest BCUT2D eigenvalue weighted by Gasteiger charge is -2.23. The van der Waals surface area contributed by atoms with Gasteiger partial charge in [-0.15, -0.1) is 0 Å². The highest BCUT2D eigenvalue weighted by Crippen LogP contribution is 2.37. The van der Waals surface area contributed by atoms with Gasteiger partial charge in [0, 0.05) is 12.6 Å². The highest BCUT2D eigenvalue weighted by atomic mass is 32.2. The summed E-state index contributed by atoms with van der Waals surface area (Å²) in [5.41, 5.74) is 4.49. The first-order valence-electron chi connectivity index (χ1n) is 11.6. The van der Waals surface area contributed by atoms with E-state index in [0.717, 1.165) is 36.6 Å². The Morgan fingerprint density at radius 2 is 1.57 bits per heavy atom. The van der Waals surface area contributed by atoms with Crippen LogP contribution in [-0.4, -0.2) is 45.4 Å². The highest BCUT2D eigenvalue weighted by Gasteiger charge is 2.27. The number of hydrogen-bond donors (Lipinski definition) is 2. The molecule has 1 aliphatic rings. The van der Waals surface area contributed by atoms with Crippen LogP contribution in [0.4, 0.5) is 11.4 Å². The van der Waals surface area contributed by atoms with Crippen molar-refractivity contribution in [2.75, 3.05) is 32.5 Å². The molecule has 0 heterocycles. The summed E-state index contributed by atoms with van der Waals surface area (Å²) in [5, 5.41) is 15.3. The van der Waals surface area contributed by atoms with Crippen LogP contribution in [0.3, 0.4) is 0 Å². The molecular formula is C26H30N4O4S. The van der Waals surface area contributed by atoms with E-state index in [1.54, 1.807) is 0 Å². The minimum Gasteiger partial charge on any atom is -0.369 e. The maximum atomic E-state index is 12.8. The number of rotatable bonds is 9. The Labute approximate surface area is 206 Å². The number of nitro benzene ring substituents is 1. The second kappa shape index (κ2) is 10.6. The fourth-order valence-electron chi connectivity index (χ4n) is 4.47. The van der Waals surface area contributed by atoms with Crippen LogP contribution in [0.1, 0.15) is 34.7 Å². The monoisotopic (exact) mass is 494 g/mol. The Morgan fingerprint density at radius 3 is 2.14 bits per heavy atom. The van der Waals surface area contributed by atoms with Gasteiger partial charge in [-0.25, -0.2) is 13.1 Å². The van der Waals surface area contributed by atoms with Crippen molar-refractivity contribution in [2.45, 2.75) is 30.2 Å². The van der Waals surface area contributed by atoms with Crippen molar-refractivity contribution >= 4 is 21.4 Å². The fraction of sp³-hybridized carbons (Fsp3) is 0.308. The number of sulfonamides is 1. The van der Waals surface area contributed by atoms with Crippen molar-refractivity contribution in [1.82, 2.24) is 9.62 Å². The number of hydrogen-bond acceptors (Lipinski definition) is 6. The quantitative estimate of drug-likeness (QED) is 0.263. The molecular weight excluding hydrogens is 464 g/mol. The Bertz CT molecular complexity index is 1280. The second-order valence-corrected chi connectivity index (χ2v) is 10.7. The lowest BCUT2D eigenvalue weighted by Crippen LogP contribution is -2.27. The lowest BCUT2D eigenvalue weighted by atomic mass is 9.94. The summed E-state index contributed by atoms with van der Waals surface area (Å²) in [5.74, 6) is 0. The lowest BCUT2D eigenvalue weighted by molar-refractivity contribution is -0.384. The molecule has 0 saturated heterocycles. The highest BCUT2D eigenvalue weighted by molar-refractivity contribution is 7.89. The topological polar surface area (TPSA) is 105 Å². The number of aryl methyl sites for hydroxylation is 2. The zero-order valence-corrected chi connectivity index (χ0v) is 20.7. The largest absolute Gasteiger partial charge is 0.369 e. The first-order chi connectivity index (χ1) is 16.8. The van der Waals surface area contributed by atoms with Crippen molar-refractivity contribution in [3.8, 4) is 0 Å². The summed E-state index contributed by atoms with van der Waals surface area (Å²) in [6.07, 6.45) is 2.39. The molecule has 0 aliphatic heterocycles. The average molecular weight is 495 g/mol. The predicted molar refractivity (Wildman–Crippen MR) is 137 cm³/mol. The van der Waals surface area contributed by atoms with E-state index in [1.807, 2.05) is 55.4 Å². The minimum absolute atomic E-state index is 0.124. The SMILES string of the molecule is CN(C)CCCNS(=O)(=O)c1ccc(NC2c3ccccc3CCc3ccccc32)c([N+](=O)[O-])c1. The third-order valence-corrected chi connectivity index (χ3v) is 7.70. The molecule has 0 fully saturated rings. The van der Waals surface area contributed by atoms with Gasteiger partial charge in [-0.05, 0) is 74.3 Å². The summed E-state index contributed by atoms with van der Waals surface area (Å²) in [6.45, 7) is 0.986. The maximum absolute atomic E-state index is 12.8. The molecule has 0 aromatic heterocycles. The van der Waals surface area contributed by atoms with E-state index in [-0.39, 0.29) is 28.9 Å². The molecule has 35 heavy (non-hydrogen) atoms. The molecule has 2 N–H and O–H groups in total. The fourth-order valence-corrected chi connectivity index (χ4v) is 5.57. The van der Waals surface area contributed by atoms with Crippen LogP contribution in [-0.2, 0) is 22.9 Å². The molecule has 3 aromatic carbocycles. The van der Waals surface area contributed by atoms with E-state index in [2.05, 4.69) is 22.2 Å². The van der Waals surface area contributed by atoms with E-state index < -0.39 is 14.9 Å². The molecule has 0 amide bonds. The molecule has 9 heteroatoms. The number of anilines is 1. The Hall–Kier alpha value is -3.27. The molecule has 0 unspecified atom stereocenters. The van der Waals surface area contributed by atoms with Gasteiger partial charge in [0.25, 0.3) is 5.69 Å². The van der Waals surface area contributed by atoms with Gasteiger partial charge in [0.1, 0.15) is 5.69 Å². The average Bonchev–Trinajstić information content (AvgIpc) is 2.99. The number of benzene rings is 3. The van der Waals surface area contributed by atoms with Crippen molar-refractivity contribution in [1.29, 1.82) is 0 Å². The van der Waals surface area contributed by atoms with E-state index in [9.17, 15) is 18.5 Å². The van der Waals surface area contributed by atoms with Gasteiger partial charge in [-0.3, -0.25) is 10.1 Å². The Kier molecular flexibility index (Phi) is 7.49. The molecule has 8 nitrogen and oxygen atoms in total. The predicted octanol–water partition coefficient (Wildman–Crippen LogP) is 4.12. The number of nitrogens with zero attached hydrogens (tertiary/aromatic N) is 2. The number of nitrogens with one attached hydrogen (secondary N) is 2. The van der Waals surface area contributed by atoms with E-state index in [4.69, 9.17) is 0 Å². The van der Waals surface area contributed by atoms with Gasteiger partial charge in [0.2, 0.25) is 10.0 Å². The Morgan fingerprint density at radius 1 is 0.971 bits per heavy atom. The third-order valence-electron chi connectivity index (χ3n) is 6.25. The zero-order valence-electron chi connectivity index (χ0n) is 19.9. The normalized spacial score (nSPS) is 13.7. The van der Waals surface area contributed by atoms with Crippen molar-refractivity contribution in [3.05, 3.63) is 99.1 Å². The van der Waals surface area contributed by atoms with Gasteiger partial charge in [0.15, 0.2) is 0 Å². The van der Waals surface area contributed by atoms with Gasteiger partial charge < -0.3 is 10.2 Å². The molecule has 1 aliphatic carbocycles. The first kappa shape index (κ1) is 24.8. The molecule has 0 spiro atoms. The van der Waals surface area contributed by atoms with Crippen LogP contribution in [0.15, 0.2) is 71.6 Å². The van der Waals surface area contributed by atoms with E-state index >= 15 is 0 Å². The first-order valence-corrected chi connectivity index (χ1v) is 13.1. The second-order valence-electron chi connectivity index (χ2n) is 8.97. The molecule has 0 radical (unpaired) electrons. The smallest absolute Gasteiger partial charge is 0.293 e. The third kappa shape index (κ3) is 5.70. The molecule has 3 aromatic rings. The Balaban J connectivity index is 1.67. The molecule has 0 atom stereocenters. The summed E-state index contributed by atoms with van der Waals surface area (Å²) in [6, 6.07) is 19.9. The van der Waals surface area contributed by atoms with Gasteiger partial charge >= 0.3 is 0 Å². The molecule has 4 rings (SSSR count). The number of nitro groups is 1. The van der Waals surface area contributed by atoms with Gasteiger partial charge in [0.05, 0.1) is 15.9 Å². The van der Waals surface area contributed by atoms with Gasteiger partial charge in [-0.2, -0.15) is 0 Å². The van der Waals surface area contributed by atoms with Crippen LogP contribution < -0.4 is 10.0 Å². The summed E-state index contributed by atoms with van der Waals surface area (Å²) < 4.78 is 28.1. The molecule has 0 saturated carbocycles. The molecule has 184 valence electrons. The van der Waals surface area contributed by atoms with Crippen molar-refractivity contribution in [3.63, 3.8) is 0 Å². The zero-order chi connectivity index (χ0) is 25.0. The summed E-state index contributed by atoms with van der Waals surface area (Å²) in [4.78, 5) is 13.3. The van der Waals surface area contributed by atoms with E-state index in [0.29, 0.717) is 6.42 Å². The molecule has 0 bridgehead atoms. The minimum atomic E-state index is -3.87. The van der Waals surface area contributed by atoms with Crippen LogP contribution in [0.5, 0.6) is 0 Å². The van der Waals surface area contributed by atoms with Crippen LogP contribution in [0.2, 0.25) is 0 Å². The van der Waals surface area contributed by atoms with Crippen LogP contribution in [0.25, 0.3) is 0 Å². The number of fused-ring (bicyclic) bond motifs is 2. The van der Waals surface area contributed by atoms with Crippen molar-refractivity contribution < 1.29 is 13.3 Å². The van der Waals surface area contributed by atoms with Crippen LogP contribution in [0, 0.1) is 10.1 Å².